The number of hydrogen-bond donors (Lipinski definition) is 1. The topological polar surface area (TPSA) is 20.2 Å². The Hall–Kier alpha value is -0.240. The minimum Gasteiger partial charge on any atom is -0.383 e. The van der Waals surface area contributed by atoms with E-state index in [1.165, 1.54) is 0 Å². The number of hydrogen-bond acceptors (Lipinski definition) is 1. The maximum absolute atomic E-state index is 9.80. The van der Waals surface area contributed by atoms with Crippen molar-refractivity contribution in [1.29, 1.82) is 0 Å². The largest absolute Gasteiger partial charge is 0.383 e. The minimum absolute atomic E-state index is 0.722. The molecular formula is C9H10Cl2O. The van der Waals surface area contributed by atoms with E-state index in [9.17, 15) is 5.11 Å². The summed E-state index contributed by atoms with van der Waals surface area (Å²) in [6, 6.07) is 9.12. The lowest BCUT2D eigenvalue weighted by Crippen LogP contribution is -2.28. The van der Waals surface area contributed by atoms with Crippen LogP contribution in [0.3, 0.4) is 0 Å². The van der Waals surface area contributed by atoms with Gasteiger partial charge in [0, 0.05) is 0 Å². The van der Waals surface area contributed by atoms with E-state index in [0.29, 0.717) is 0 Å². The van der Waals surface area contributed by atoms with Crippen LogP contribution in [0.4, 0.5) is 0 Å². The maximum atomic E-state index is 9.80. The molecule has 0 amide bonds. The van der Waals surface area contributed by atoms with Gasteiger partial charge in [0.1, 0.15) is 10.4 Å². The Bertz CT molecular complexity index is 244. The van der Waals surface area contributed by atoms with Gasteiger partial charge in [0.05, 0.1) is 0 Å². The zero-order chi connectivity index (χ0) is 9.19. The predicted molar refractivity (Wildman–Crippen MR) is 51.5 cm³/mol. The van der Waals surface area contributed by atoms with Gasteiger partial charge in [0.2, 0.25) is 0 Å². The van der Waals surface area contributed by atoms with E-state index < -0.39 is 10.4 Å². The summed E-state index contributed by atoms with van der Waals surface area (Å²) in [6.07, 6.45) is 0. The number of benzene rings is 1. The van der Waals surface area contributed by atoms with Crippen molar-refractivity contribution in [2.24, 2.45) is 0 Å². The van der Waals surface area contributed by atoms with Gasteiger partial charge in [-0.25, -0.2) is 0 Å². The lowest BCUT2D eigenvalue weighted by Gasteiger charge is -2.24. The average molecular weight is 205 g/mol. The second kappa shape index (κ2) is 3.65. The molecule has 3 heteroatoms. The molecule has 0 aliphatic rings. The van der Waals surface area contributed by atoms with E-state index in [4.69, 9.17) is 23.2 Å². The van der Waals surface area contributed by atoms with E-state index in [1.54, 1.807) is 19.1 Å². The summed E-state index contributed by atoms with van der Waals surface area (Å²) in [5.41, 5.74) is -0.454. The Balaban J connectivity index is 2.98. The van der Waals surface area contributed by atoms with E-state index in [2.05, 4.69) is 0 Å². The van der Waals surface area contributed by atoms with Crippen LogP contribution in [-0.2, 0) is 5.60 Å². The van der Waals surface area contributed by atoms with Crippen LogP contribution < -0.4 is 0 Å². The summed E-state index contributed by atoms with van der Waals surface area (Å²) in [4.78, 5) is -0.820. The second-order valence-corrected chi connectivity index (χ2v) is 3.91. The molecule has 0 bridgehead atoms. The number of aliphatic hydroxyl groups is 1. The number of halogens is 2. The second-order valence-electron chi connectivity index (χ2n) is 2.81. The molecule has 0 aliphatic heterocycles. The molecule has 1 rings (SSSR count). The molecule has 0 aromatic heterocycles. The van der Waals surface area contributed by atoms with Gasteiger partial charge in [-0.1, -0.05) is 30.3 Å². The van der Waals surface area contributed by atoms with Gasteiger partial charge in [-0.3, -0.25) is 0 Å². The smallest absolute Gasteiger partial charge is 0.140 e. The first-order valence-electron chi connectivity index (χ1n) is 3.61. The molecule has 0 aliphatic carbocycles. The molecule has 66 valence electrons. The molecule has 0 radical (unpaired) electrons. The third-order valence-corrected chi connectivity index (χ3v) is 2.63. The van der Waals surface area contributed by atoms with Crippen LogP contribution in [0, 0.1) is 0 Å². The van der Waals surface area contributed by atoms with Crippen molar-refractivity contribution in [3.8, 4) is 0 Å². The fourth-order valence-electron chi connectivity index (χ4n) is 0.902. The quantitative estimate of drug-likeness (QED) is 0.736. The van der Waals surface area contributed by atoms with Gasteiger partial charge >= 0.3 is 0 Å². The van der Waals surface area contributed by atoms with Gasteiger partial charge in [-0.05, 0) is 12.5 Å². The Morgan fingerprint density at radius 1 is 1.25 bits per heavy atom. The summed E-state index contributed by atoms with van der Waals surface area (Å²) in [6.45, 7) is 1.59. The highest BCUT2D eigenvalue weighted by Crippen LogP contribution is 2.30. The normalized spacial score (nSPS) is 16.1. The minimum atomic E-state index is -1.18. The van der Waals surface area contributed by atoms with Crippen molar-refractivity contribution >= 4 is 23.2 Å². The zero-order valence-corrected chi connectivity index (χ0v) is 8.18. The van der Waals surface area contributed by atoms with Crippen LogP contribution in [0.15, 0.2) is 30.3 Å². The molecule has 12 heavy (non-hydrogen) atoms. The monoisotopic (exact) mass is 204 g/mol. The molecule has 1 atom stereocenters. The Kier molecular flexibility index (Phi) is 2.99. The molecule has 1 aromatic rings. The van der Waals surface area contributed by atoms with Crippen LogP contribution in [0.1, 0.15) is 12.5 Å². The summed E-state index contributed by atoms with van der Waals surface area (Å²) < 4.78 is 0. The first kappa shape index (κ1) is 9.85. The third kappa shape index (κ3) is 1.92. The highest BCUT2D eigenvalue weighted by Gasteiger charge is 2.30. The zero-order valence-electron chi connectivity index (χ0n) is 6.67. The van der Waals surface area contributed by atoms with E-state index in [-0.39, 0.29) is 0 Å². The van der Waals surface area contributed by atoms with Crippen molar-refractivity contribution in [3.05, 3.63) is 35.9 Å². The maximum Gasteiger partial charge on any atom is 0.140 e. The Morgan fingerprint density at radius 2 is 1.75 bits per heavy atom. The fraction of sp³-hybridized carbons (Fsp3) is 0.333. The fourth-order valence-corrected chi connectivity index (χ4v) is 1.15. The van der Waals surface area contributed by atoms with Crippen molar-refractivity contribution < 1.29 is 5.11 Å². The SMILES string of the molecule is C[C@@](O)(c1ccccc1)C(Cl)Cl. The van der Waals surface area contributed by atoms with Gasteiger partial charge in [-0.15, -0.1) is 23.2 Å². The summed E-state index contributed by atoms with van der Waals surface area (Å²) >= 11 is 11.2. The lowest BCUT2D eigenvalue weighted by atomic mass is 9.98. The van der Waals surface area contributed by atoms with E-state index in [0.717, 1.165) is 5.56 Å². The average Bonchev–Trinajstić information content (AvgIpc) is 2.06. The number of rotatable bonds is 2. The first-order valence-corrected chi connectivity index (χ1v) is 4.48. The predicted octanol–water partition coefficient (Wildman–Crippen LogP) is 2.70. The summed E-state index contributed by atoms with van der Waals surface area (Å²) in [5.74, 6) is 0. The molecular weight excluding hydrogens is 195 g/mol. The van der Waals surface area contributed by atoms with Gasteiger partial charge in [0.25, 0.3) is 0 Å². The molecule has 0 fully saturated rings. The van der Waals surface area contributed by atoms with E-state index in [1.807, 2.05) is 18.2 Å². The van der Waals surface area contributed by atoms with Crippen molar-refractivity contribution in [2.75, 3.05) is 0 Å². The summed E-state index contributed by atoms with van der Waals surface area (Å²) in [7, 11) is 0. The van der Waals surface area contributed by atoms with Crippen LogP contribution >= 0.6 is 23.2 Å². The Morgan fingerprint density at radius 3 is 2.17 bits per heavy atom. The molecule has 1 N–H and O–H groups in total. The molecule has 0 heterocycles. The van der Waals surface area contributed by atoms with Gasteiger partial charge < -0.3 is 5.11 Å². The molecule has 0 saturated heterocycles. The highest BCUT2D eigenvalue weighted by molar-refractivity contribution is 6.45. The standard InChI is InChI=1S/C9H10Cl2O/c1-9(12,8(10)11)7-5-3-2-4-6-7/h2-6,8,12H,1H3/t9-/m1/s1. The van der Waals surface area contributed by atoms with Crippen LogP contribution in [-0.4, -0.2) is 9.94 Å². The number of alkyl halides is 2. The molecule has 1 nitrogen and oxygen atoms in total. The van der Waals surface area contributed by atoms with Crippen molar-refractivity contribution in [3.63, 3.8) is 0 Å². The first-order chi connectivity index (χ1) is 5.55. The van der Waals surface area contributed by atoms with E-state index >= 15 is 0 Å². The molecule has 0 unspecified atom stereocenters. The van der Waals surface area contributed by atoms with Gasteiger partial charge in [0.15, 0.2) is 0 Å². The van der Waals surface area contributed by atoms with Crippen molar-refractivity contribution in [2.45, 2.75) is 17.4 Å². The third-order valence-electron chi connectivity index (χ3n) is 1.78. The molecule has 0 spiro atoms. The van der Waals surface area contributed by atoms with Crippen molar-refractivity contribution in [1.82, 2.24) is 0 Å². The van der Waals surface area contributed by atoms with Crippen LogP contribution in [0.25, 0.3) is 0 Å². The lowest BCUT2D eigenvalue weighted by molar-refractivity contribution is 0.0721. The van der Waals surface area contributed by atoms with Crippen LogP contribution in [0.5, 0.6) is 0 Å². The van der Waals surface area contributed by atoms with Gasteiger partial charge in [-0.2, -0.15) is 0 Å². The summed E-state index contributed by atoms with van der Waals surface area (Å²) in [5, 5.41) is 9.80. The molecule has 0 saturated carbocycles. The van der Waals surface area contributed by atoms with Crippen LogP contribution in [0.2, 0.25) is 0 Å². The highest BCUT2D eigenvalue weighted by atomic mass is 35.5. The molecule has 1 aromatic carbocycles. The Labute approximate surface area is 81.9 Å².